The molecule has 33 heavy (non-hydrogen) atoms. The molecule has 2 aliphatic heterocycles. The van der Waals surface area contributed by atoms with E-state index >= 15 is 0 Å². The van der Waals surface area contributed by atoms with Crippen LogP contribution >= 0.6 is 0 Å². The lowest BCUT2D eigenvalue weighted by atomic mass is 9.87. The zero-order valence-electron chi connectivity index (χ0n) is 20.2. The number of piperidine rings is 1. The predicted molar refractivity (Wildman–Crippen MR) is 132 cm³/mol. The first kappa shape index (κ1) is 23.9. The van der Waals surface area contributed by atoms with Gasteiger partial charge in [0, 0.05) is 32.7 Å². The number of benzene rings is 2. The average Bonchev–Trinajstić information content (AvgIpc) is 2.83. The molecule has 0 aromatic heterocycles. The molecule has 4 rings (SSSR count). The summed E-state index contributed by atoms with van der Waals surface area (Å²) < 4.78 is 23.4. The fourth-order valence-electron chi connectivity index (χ4n) is 4.70. The van der Waals surface area contributed by atoms with Crippen molar-refractivity contribution in [3.8, 4) is 11.5 Å². The molecule has 0 spiro atoms. The standard InChI is InChI=1S/C27H38N2O4/c1-20(2)33-23-8-6-22(7-9-23)24-11-12-28-18-27(24)32-19-21-5-10-26-25(17-21)29(14-16-31-26)13-4-15-30-3/h5-10,17,20,24,27-28H,4,11-16,18-19H2,1-3H3/t24-,27+/m1/s1. The van der Waals surface area contributed by atoms with Crippen LogP contribution in [0.3, 0.4) is 0 Å². The van der Waals surface area contributed by atoms with Crippen molar-refractivity contribution in [2.24, 2.45) is 0 Å². The molecular weight excluding hydrogens is 416 g/mol. The number of nitrogens with one attached hydrogen (secondary N) is 1. The van der Waals surface area contributed by atoms with Crippen LogP contribution in [-0.2, 0) is 16.1 Å². The molecule has 2 atom stereocenters. The lowest BCUT2D eigenvalue weighted by Crippen LogP contribution is -2.41. The molecule has 2 aromatic carbocycles. The minimum atomic E-state index is 0.140. The molecule has 2 heterocycles. The van der Waals surface area contributed by atoms with Gasteiger partial charge in [-0.05, 0) is 68.6 Å². The fourth-order valence-corrected chi connectivity index (χ4v) is 4.70. The van der Waals surface area contributed by atoms with E-state index in [1.807, 2.05) is 0 Å². The molecule has 180 valence electrons. The Morgan fingerprint density at radius 1 is 1.15 bits per heavy atom. The van der Waals surface area contributed by atoms with E-state index in [1.165, 1.54) is 11.1 Å². The molecule has 1 fully saturated rings. The molecule has 1 N–H and O–H groups in total. The van der Waals surface area contributed by atoms with Crippen LogP contribution in [0.5, 0.6) is 11.5 Å². The van der Waals surface area contributed by atoms with E-state index in [0.717, 1.165) is 69.4 Å². The zero-order chi connectivity index (χ0) is 23.0. The number of hydrogen-bond donors (Lipinski definition) is 1. The number of ether oxygens (including phenoxy) is 4. The van der Waals surface area contributed by atoms with Crippen molar-refractivity contribution in [1.29, 1.82) is 0 Å². The van der Waals surface area contributed by atoms with Crippen LogP contribution < -0.4 is 19.7 Å². The van der Waals surface area contributed by atoms with Crippen LogP contribution in [0, 0.1) is 0 Å². The Labute approximate surface area is 198 Å². The smallest absolute Gasteiger partial charge is 0.142 e. The van der Waals surface area contributed by atoms with Gasteiger partial charge < -0.3 is 29.2 Å². The van der Waals surface area contributed by atoms with Gasteiger partial charge in [-0.2, -0.15) is 0 Å². The Kier molecular flexibility index (Phi) is 8.48. The van der Waals surface area contributed by atoms with Gasteiger partial charge in [-0.3, -0.25) is 0 Å². The minimum absolute atomic E-state index is 0.140. The fraction of sp³-hybridized carbons (Fsp3) is 0.556. The van der Waals surface area contributed by atoms with Crippen LogP contribution in [0.2, 0.25) is 0 Å². The maximum Gasteiger partial charge on any atom is 0.142 e. The van der Waals surface area contributed by atoms with Gasteiger partial charge in [0.2, 0.25) is 0 Å². The van der Waals surface area contributed by atoms with Gasteiger partial charge in [0.15, 0.2) is 0 Å². The Bertz CT molecular complexity index is 871. The molecule has 0 radical (unpaired) electrons. The molecule has 2 aromatic rings. The topological polar surface area (TPSA) is 52.2 Å². The Morgan fingerprint density at radius 3 is 2.79 bits per heavy atom. The maximum atomic E-state index is 6.48. The monoisotopic (exact) mass is 454 g/mol. The van der Waals surface area contributed by atoms with E-state index in [0.29, 0.717) is 12.5 Å². The third-order valence-electron chi connectivity index (χ3n) is 6.33. The molecule has 6 heteroatoms. The second-order valence-corrected chi connectivity index (χ2v) is 9.17. The lowest BCUT2D eigenvalue weighted by molar-refractivity contribution is 0.0106. The highest BCUT2D eigenvalue weighted by molar-refractivity contribution is 5.61. The molecule has 0 amide bonds. The minimum Gasteiger partial charge on any atom is -0.491 e. The summed E-state index contributed by atoms with van der Waals surface area (Å²) in [4.78, 5) is 2.40. The Balaban J connectivity index is 1.40. The second-order valence-electron chi connectivity index (χ2n) is 9.17. The average molecular weight is 455 g/mol. The van der Waals surface area contributed by atoms with E-state index in [9.17, 15) is 0 Å². The van der Waals surface area contributed by atoms with Gasteiger partial charge in [-0.1, -0.05) is 18.2 Å². The number of nitrogens with zero attached hydrogens (tertiary/aromatic N) is 1. The highest BCUT2D eigenvalue weighted by Gasteiger charge is 2.27. The van der Waals surface area contributed by atoms with Gasteiger partial charge in [0.1, 0.15) is 18.1 Å². The molecule has 0 unspecified atom stereocenters. The molecule has 0 bridgehead atoms. The van der Waals surface area contributed by atoms with Crippen molar-refractivity contribution in [2.75, 3.05) is 51.4 Å². The van der Waals surface area contributed by atoms with E-state index in [-0.39, 0.29) is 12.2 Å². The summed E-state index contributed by atoms with van der Waals surface area (Å²) in [5, 5.41) is 3.50. The highest BCUT2D eigenvalue weighted by Crippen LogP contribution is 2.34. The van der Waals surface area contributed by atoms with Crippen molar-refractivity contribution in [2.45, 2.75) is 51.4 Å². The Hall–Kier alpha value is -2.28. The summed E-state index contributed by atoms with van der Waals surface area (Å²) in [5.74, 6) is 2.26. The van der Waals surface area contributed by atoms with Crippen LogP contribution in [0.4, 0.5) is 5.69 Å². The molecular formula is C27H38N2O4. The lowest BCUT2D eigenvalue weighted by Gasteiger charge is -2.33. The van der Waals surface area contributed by atoms with Gasteiger partial charge in [0.25, 0.3) is 0 Å². The number of rotatable bonds is 10. The van der Waals surface area contributed by atoms with E-state index in [2.05, 4.69) is 66.5 Å². The van der Waals surface area contributed by atoms with Crippen LogP contribution in [0.1, 0.15) is 43.7 Å². The Morgan fingerprint density at radius 2 is 2.00 bits per heavy atom. The first-order valence-electron chi connectivity index (χ1n) is 12.2. The summed E-state index contributed by atoms with van der Waals surface area (Å²) in [5.41, 5.74) is 3.67. The van der Waals surface area contributed by atoms with E-state index < -0.39 is 0 Å². The second kappa shape index (κ2) is 11.7. The van der Waals surface area contributed by atoms with Crippen molar-refractivity contribution in [1.82, 2.24) is 5.32 Å². The molecule has 0 aliphatic carbocycles. The van der Waals surface area contributed by atoms with Crippen LogP contribution in [0.25, 0.3) is 0 Å². The van der Waals surface area contributed by atoms with Crippen LogP contribution in [-0.4, -0.2) is 58.7 Å². The van der Waals surface area contributed by atoms with E-state index in [4.69, 9.17) is 18.9 Å². The van der Waals surface area contributed by atoms with Gasteiger partial charge in [-0.25, -0.2) is 0 Å². The number of hydrogen-bond acceptors (Lipinski definition) is 6. The first-order valence-corrected chi connectivity index (χ1v) is 12.2. The van der Waals surface area contributed by atoms with Crippen molar-refractivity contribution < 1.29 is 18.9 Å². The summed E-state index contributed by atoms with van der Waals surface area (Å²) in [6.07, 6.45) is 2.40. The summed E-state index contributed by atoms with van der Waals surface area (Å²) >= 11 is 0. The molecule has 6 nitrogen and oxygen atoms in total. The van der Waals surface area contributed by atoms with Crippen LogP contribution in [0.15, 0.2) is 42.5 Å². The predicted octanol–water partition coefficient (Wildman–Crippen LogP) is 4.37. The highest BCUT2D eigenvalue weighted by atomic mass is 16.5. The van der Waals surface area contributed by atoms with Gasteiger partial charge in [0.05, 0.1) is 31.0 Å². The number of fused-ring (bicyclic) bond motifs is 1. The molecule has 0 saturated carbocycles. The molecule has 1 saturated heterocycles. The first-order chi connectivity index (χ1) is 16.1. The van der Waals surface area contributed by atoms with Crippen molar-refractivity contribution in [3.63, 3.8) is 0 Å². The molecule has 2 aliphatic rings. The van der Waals surface area contributed by atoms with Crippen molar-refractivity contribution in [3.05, 3.63) is 53.6 Å². The summed E-state index contributed by atoms with van der Waals surface area (Å²) in [6.45, 7) is 9.96. The maximum absolute atomic E-state index is 6.48. The quantitative estimate of drug-likeness (QED) is 0.538. The number of methoxy groups -OCH3 is 1. The summed E-state index contributed by atoms with van der Waals surface area (Å²) in [6, 6.07) is 15.0. The third kappa shape index (κ3) is 6.40. The number of anilines is 1. The SMILES string of the molecule is COCCCN1CCOc2ccc(CO[C@H]3CNCC[C@@H]3c3ccc(OC(C)C)cc3)cc21. The summed E-state index contributed by atoms with van der Waals surface area (Å²) in [7, 11) is 1.75. The van der Waals surface area contributed by atoms with Gasteiger partial charge in [-0.15, -0.1) is 0 Å². The van der Waals surface area contributed by atoms with E-state index in [1.54, 1.807) is 7.11 Å². The van der Waals surface area contributed by atoms with Crippen molar-refractivity contribution >= 4 is 5.69 Å². The zero-order valence-corrected chi connectivity index (χ0v) is 20.2. The van der Waals surface area contributed by atoms with Gasteiger partial charge >= 0.3 is 0 Å². The third-order valence-corrected chi connectivity index (χ3v) is 6.33. The largest absolute Gasteiger partial charge is 0.491 e. The normalized spacial score (nSPS) is 20.4.